The highest BCUT2D eigenvalue weighted by atomic mass is 35.5. The summed E-state index contributed by atoms with van der Waals surface area (Å²) in [6.07, 6.45) is 5.62. The number of likely N-dealkylation sites (tertiary alicyclic amines) is 1. The van der Waals surface area contributed by atoms with Crippen molar-refractivity contribution in [3.05, 3.63) is 52.6 Å². The van der Waals surface area contributed by atoms with E-state index in [0.29, 0.717) is 30.3 Å². The van der Waals surface area contributed by atoms with Gasteiger partial charge in [0.05, 0.1) is 11.3 Å². The van der Waals surface area contributed by atoms with Crippen LogP contribution in [-0.2, 0) is 0 Å². The van der Waals surface area contributed by atoms with E-state index in [1.54, 1.807) is 34.0 Å². The van der Waals surface area contributed by atoms with Gasteiger partial charge in [-0.05, 0) is 38.1 Å². The lowest BCUT2D eigenvalue weighted by molar-refractivity contribution is -0.384. The lowest BCUT2D eigenvalue weighted by Gasteiger charge is -2.17. The molecule has 2 heterocycles. The number of carbonyl (C=O) groups excluding carboxylic acids is 1. The van der Waals surface area contributed by atoms with E-state index in [1.165, 1.54) is 12.4 Å². The summed E-state index contributed by atoms with van der Waals surface area (Å²) in [7, 11) is 1.89. The fraction of sp³-hybridized carbons (Fsp3) is 0.375. The van der Waals surface area contributed by atoms with Crippen LogP contribution >= 0.6 is 24.8 Å². The highest BCUT2D eigenvalue weighted by Crippen LogP contribution is 2.26. The Hall–Kier alpha value is -2.16. The molecule has 1 saturated heterocycles. The summed E-state index contributed by atoms with van der Waals surface area (Å²) in [6.45, 7) is 2.22. The van der Waals surface area contributed by atoms with E-state index >= 15 is 0 Å². The summed E-state index contributed by atoms with van der Waals surface area (Å²) in [5.41, 5.74) is 0.629. The van der Waals surface area contributed by atoms with Gasteiger partial charge in [0, 0.05) is 37.1 Å². The molecule has 3 rings (SSSR count). The molecule has 8 nitrogen and oxygen atoms in total. The SMILES string of the molecule is CNCC1CCN(C(=O)c2ccc(-n3ccnc3)c([N+](=O)[O-])c2)C1.Cl.Cl. The average molecular weight is 402 g/mol. The Morgan fingerprint density at radius 1 is 1.42 bits per heavy atom. The molecule has 1 amide bonds. The third-order valence-corrected chi connectivity index (χ3v) is 4.27. The highest BCUT2D eigenvalue weighted by Gasteiger charge is 2.28. The first-order valence-electron chi connectivity index (χ1n) is 7.81. The maximum atomic E-state index is 12.6. The van der Waals surface area contributed by atoms with Crippen LogP contribution in [0.4, 0.5) is 5.69 Å². The van der Waals surface area contributed by atoms with Crippen LogP contribution in [0.25, 0.3) is 5.69 Å². The number of nitrogens with zero attached hydrogens (tertiary/aromatic N) is 4. The molecule has 0 radical (unpaired) electrons. The maximum absolute atomic E-state index is 12.6. The van der Waals surface area contributed by atoms with Gasteiger partial charge in [-0.3, -0.25) is 14.9 Å². The van der Waals surface area contributed by atoms with Gasteiger partial charge in [0.2, 0.25) is 0 Å². The normalized spacial score (nSPS) is 15.9. The topological polar surface area (TPSA) is 93.3 Å². The van der Waals surface area contributed by atoms with Crippen LogP contribution in [-0.4, -0.2) is 52.0 Å². The molecular formula is C16H21Cl2N5O3. The lowest BCUT2D eigenvalue weighted by atomic mass is 10.1. The number of imidazole rings is 1. The van der Waals surface area contributed by atoms with Crippen molar-refractivity contribution in [2.24, 2.45) is 5.92 Å². The summed E-state index contributed by atoms with van der Waals surface area (Å²) in [5, 5.41) is 14.5. The monoisotopic (exact) mass is 401 g/mol. The second-order valence-corrected chi connectivity index (χ2v) is 5.89. The fourth-order valence-corrected chi connectivity index (χ4v) is 3.08. The number of aromatic nitrogens is 2. The van der Waals surface area contributed by atoms with Crippen molar-refractivity contribution in [2.45, 2.75) is 6.42 Å². The summed E-state index contributed by atoms with van der Waals surface area (Å²) >= 11 is 0. The predicted molar refractivity (Wildman–Crippen MR) is 103 cm³/mol. The molecule has 1 aliphatic heterocycles. The number of hydrogen-bond acceptors (Lipinski definition) is 5. The Balaban J connectivity index is 0.00000169. The first kappa shape index (κ1) is 21.9. The molecule has 1 aliphatic rings. The van der Waals surface area contributed by atoms with Crippen molar-refractivity contribution in [3.63, 3.8) is 0 Å². The molecular weight excluding hydrogens is 381 g/mol. The first-order valence-corrected chi connectivity index (χ1v) is 7.81. The predicted octanol–water partition coefficient (Wildman–Crippen LogP) is 2.31. The van der Waals surface area contributed by atoms with Crippen LogP contribution in [0.3, 0.4) is 0 Å². The summed E-state index contributed by atoms with van der Waals surface area (Å²) in [6, 6.07) is 4.58. The second-order valence-electron chi connectivity index (χ2n) is 5.89. The quantitative estimate of drug-likeness (QED) is 0.612. The Bertz CT molecular complexity index is 754. The molecule has 2 aromatic rings. The van der Waals surface area contributed by atoms with Crippen LogP contribution in [0.1, 0.15) is 16.8 Å². The molecule has 1 fully saturated rings. The van der Waals surface area contributed by atoms with Crippen LogP contribution in [0, 0.1) is 16.0 Å². The van der Waals surface area contributed by atoms with Crippen molar-refractivity contribution < 1.29 is 9.72 Å². The van der Waals surface area contributed by atoms with Gasteiger partial charge in [-0.1, -0.05) is 0 Å². The Labute approximate surface area is 163 Å². The van der Waals surface area contributed by atoms with Gasteiger partial charge < -0.3 is 14.8 Å². The highest BCUT2D eigenvalue weighted by molar-refractivity contribution is 5.95. The maximum Gasteiger partial charge on any atom is 0.294 e. The van der Waals surface area contributed by atoms with Crippen LogP contribution in [0.2, 0.25) is 0 Å². The number of hydrogen-bond donors (Lipinski definition) is 1. The minimum atomic E-state index is -0.472. The van der Waals surface area contributed by atoms with Gasteiger partial charge in [0.25, 0.3) is 11.6 Å². The van der Waals surface area contributed by atoms with E-state index in [9.17, 15) is 14.9 Å². The molecule has 0 aliphatic carbocycles. The van der Waals surface area contributed by atoms with Crippen molar-refractivity contribution in [1.29, 1.82) is 0 Å². The minimum absolute atomic E-state index is 0. The van der Waals surface area contributed by atoms with Crippen LogP contribution in [0.15, 0.2) is 36.9 Å². The second kappa shape index (κ2) is 9.51. The van der Waals surface area contributed by atoms with Gasteiger partial charge in [0.1, 0.15) is 5.69 Å². The van der Waals surface area contributed by atoms with Crippen LogP contribution < -0.4 is 5.32 Å². The molecule has 142 valence electrons. The molecule has 26 heavy (non-hydrogen) atoms. The standard InChI is InChI=1S/C16H19N5O3.2ClH/c1-17-9-12-4-6-19(10-12)16(22)13-2-3-14(15(8-13)21(23)24)20-7-5-18-11-20;;/h2-3,5,7-8,11-12,17H,4,6,9-10H2,1H3;2*1H. The zero-order valence-electron chi connectivity index (χ0n) is 14.2. The summed E-state index contributed by atoms with van der Waals surface area (Å²) < 4.78 is 1.56. The van der Waals surface area contributed by atoms with Gasteiger partial charge in [-0.2, -0.15) is 0 Å². The number of benzene rings is 1. The molecule has 0 bridgehead atoms. The Morgan fingerprint density at radius 3 is 2.81 bits per heavy atom. The summed E-state index contributed by atoms with van der Waals surface area (Å²) in [5.74, 6) is 0.271. The van der Waals surface area contributed by atoms with Crippen molar-refractivity contribution >= 4 is 36.4 Å². The number of halogens is 2. The van der Waals surface area contributed by atoms with Crippen molar-refractivity contribution in [2.75, 3.05) is 26.7 Å². The number of nitro groups is 1. The van der Waals surface area contributed by atoms with E-state index < -0.39 is 4.92 Å². The number of carbonyl (C=O) groups is 1. The minimum Gasteiger partial charge on any atom is -0.338 e. The Morgan fingerprint density at radius 2 is 2.19 bits per heavy atom. The first-order chi connectivity index (χ1) is 11.6. The van der Waals surface area contributed by atoms with E-state index in [-0.39, 0.29) is 36.4 Å². The van der Waals surface area contributed by atoms with E-state index in [4.69, 9.17) is 0 Å². The number of amides is 1. The third kappa shape index (κ3) is 4.51. The molecule has 0 spiro atoms. The molecule has 1 atom stereocenters. The lowest BCUT2D eigenvalue weighted by Crippen LogP contribution is -2.30. The largest absolute Gasteiger partial charge is 0.338 e. The zero-order valence-corrected chi connectivity index (χ0v) is 15.8. The fourth-order valence-electron chi connectivity index (χ4n) is 3.08. The zero-order chi connectivity index (χ0) is 17.1. The molecule has 0 saturated carbocycles. The number of rotatable bonds is 5. The smallest absolute Gasteiger partial charge is 0.294 e. The van der Waals surface area contributed by atoms with Crippen LogP contribution in [0.5, 0.6) is 0 Å². The molecule has 1 N–H and O–H groups in total. The number of nitrogens with one attached hydrogen (secondary N) is 1. The van der Waals surface area contributed by atoms with Gasteiger partial charge in [0.15, 0.2) is 0 Å². The molecule has 1 aromatic heterocycles. The van der Waals surface area contributed by atoms with Crippen molar-refractivity contribution in [3.8, 4) is 5.69 Å². The average Bonchev–Trinajstić information content (AvgIpc) is 3.25. The van der Waals surface area contributed by atoms with Gasteiger partial charge in [-0.15, -0.1) is 24.8 Å². The number of nitro benzene ring substituents is 1. The van der Waals surface area contributed by atoms with Crippen molar-refractivity contribution in [1.82, 2.24) is 19.8 Å². The Kier molecular flexibility index (Phi) is 8.01. The summed E-state index contributed by atoms with van der Waals surface area (Å²) in [4.78, 5) is 29.2. The molecule has 10 heteroatoms. The van der Waals surface area contributed by atoms with E-state index in [1.807, 2.05) is 7.05 Å². The molecule has 1 unspecified atom stereocenters. The third-order valence-electron chi connectivity index (χ3n) is 4.27. The van der Waals surface area contributed by atoms with Gasteiger partial charge >= 0.3 is 0 Å². The van der Waals surface area contributed by atoms with Gasteiger partial charge in [-0.25, -0.2) is 4.98 Å². The van der Waals surface area contributed by atoms with E-state index in [2.05, 4.69) is 10.3 Å². The van der Waals surface area contributed by atoms with E-state index in [0.717, 1.165) is 13.0 Å². The molecule has 1 aromatic carbocycles.